The number of rotatable bonds is 4. The average Bonchev–Trinajstić information content (AvgIpc) is 3.00. The molecule has 19 heavy (non-hydrogen) atoms. The van der Waals surface area contributed by atoms with Crippen LogP contribution in [0.15, 0.2) is 66.0 Å². The van der Waals surface area contributed by atoms with Gasteiger partial charge in [-0.25, -0.2) is 0 Å². The smallest absolute Gasteiger partial charge is 0.128 e. The fourth-order valence-corrected chi connectivity index (χ4v) is 2.53. The van der Waals surface area contributed by atoms with Gasteiger partial charge in [-0.3, -0.25) is 0 Å². The average molecular weight is 265 g/mol. The van der Waals surface area contributed by atoms with E-state index in [9.17, 15) is 0 Å². The third-order valence-corrected chi connectivity index (χ3v) is 3.68. The highest BCUT2D eigenvalue weighted by Gasteiger charge is 2.06. The Balaban J connectivity index is 1.85. The van der Waals surface area contributed by atoms with Crippen molar-refractivity contribution in [2.24, 2.45) is 0 Å². The maximum absolute atomic E-state index is 5.92. The van der Waals surface area contributed by atoms with Crippen LogP contribution in [0.25, 0.3) is 11.1 Å². The van der Waals surface area contributed by atoms with E-state index in [2.05, 4.69) is 29.6 Å². The van der Waals surface area contributed by atoms with Gasteiger partial charge in [0.2, 0.25) is 0 Å². The minimum absolute atomic E-state index is 0.607. The molecule has 1 radical (unpaired) electrons. The molecule has 0 atom stereocenters. The minimum Gasteiger partial charge on any atom is -0.487 e. The van der Waals surface area contributed by atoms with Crippen LogP contribution in [-0.4, -0.2) is 0 Å². The third-order valence-electron chi connectivity index (χ3n) is 2.83. The first-order chi connectivity index (χ1) is 9.43. The molecule has 0 bridgehead atoms. The molecule has 1 nitrogen and oxygen atoms in total. The van der Waals surface area contributed by atoms with Gasteiger partial charge in [0, 0.05) is 10.4 Å². The third kappa shape index (κ3) is 2.85. The van der Waals surface area contributed by atoms with E-state index in [-0.39, 0.29) is 0 Å². The van der Waals surface area contributed by atoms with E-state index < -0.39 is 0 Å². The standard InChI is InChI=1S/C17H13OS/c1-2-7-14(8-3-1)16-10-4-5-11-17(16)18-13-15-9-6-12-19-15/h1-9,11-12H,13H2. The van der Waals surface area contributed by atoms with Crippen molar-refractivity contribution in [2.75, 3.05) is 0 Å². The molecule has 0 aliphatic carbocycles. The van der Waals surface area contributed by atoms with E-state index in [4.69, 9.17) is 4.74 Å². The fourth-order valence-electron chi connectivity index (χ4n) is 1.92. The molecule has 0 N–H and O–H groups in total. The van der Waals surface area contributed by atoms with Crippen molar-refractivity contribution >= 4 is 11.3 Å². The monoisotopic (exact) mass is 265 g/mol. The highest BCUT2D eigenvalue weighted by molar-refractivity contribution is 7.09. The van der Waals surface area contributed by atoms with Gasteiger partial charge in [0.15, 0.2) is 0 Å². The Labute approximate surface area is 117 Å². The van der Waals surface area contributed by atoms with Gasteiger partial charge >= 0.3 is 0 Å². The number of hydrogen-bond acceptors (Lipinski definition) is 2. The molecule has 3 aromatic rings. The largest absolute Gasteiger partial charge is 0.487 e. The summed E-state index contributed by atoms with van der Waals surface area (Å²) in [6.45, 7) is 0.607. The summed E-state index contributed by atoms with van der Waals surface area (Å²) >= 11 is 1.71. The Morgan fingerprint density at radius 3 is 2.63 bits per heavy atom. The summed E-state index contributed by atoms with van der Waals surface area (Å²) in [6.07, 6.45) is 0. The highest BCUT2D eigenvalue weighted by Crippen LogP contribution is 2.29. The van der Waals surface area contributed by atoms with E-state index in [1.807, 2.05) is 42.5 Å². The predicted octanol–water partition coefficient (Wildman–Crippen LogP) is 4.79. The Hall–Kier alpha value is -2.06. The van der Waals surface area contributed by atoms with E-state index in [0.29, 0.717) is 6.61 Å². The van der Waals surface area contributed by atoms with Crippen molar-refractivity contribution in [3.05, 3.63) is 77.0 Å². The van der Waals surface area contributed by atoms with Gasteiger partial charge in [-0.05, 0) is 29.1 Å². The van der Waals surface area contributed by atoms with Gasteiger partial charge < -0.3 is 4.74 Å². The van der Waals surface area contributed by atoms with E-state index >= 15 is 0 Å². The quantitative estimate of drug-likeness (QED) is 0.658. The summed E-state index contributed by atoms with van der Waals surface area (Å²) in [6, 6.07) is 23.5. The summed E-state index contributed by atoms with van der Waals surface area (Å²) in [5.41, 5.74) is 2.14. The van der Waals surface area contributed by atoms with E-state index in [1.165, 1.54) is 4.88 Å². The van der Waals surface area contributed by atoms with Gasteiger partial charge in [0.1, 0.15) is 12.4 Å². The maximum Gasteiger partial charge on any atom is 0.128 e. The van der Waals surface area contributed by atoms with Crippen molar-refractivity contribution in [1.82, 2.24) is 0 Å². The number of hydrogen-bond donors (Lipinski definition) is 0. The molecule has 0 fully saturated rings. The van der Waals surface area contributed by atoms with Crippen molar-refractivity contribution in [1.29, 1.82) is 0 Å². The van der Waals surface area contributed by atoms with Crippen molar-refractivity contribution in [3.8, 4) is 16.9 Å². The molecule has 0 aliphatic rings. The molecule has 2 aromatic carbocycles. The first-order valence-corrected chi connectivity index (χ1v) is 7.03. The predicted molar refractivity (Wildman–Crippen MR) is 79.4 cm³/mol. The molecule has 1 heterocycles. The zero-order valence-corrected chi connectivity index (χ0v) is 11.2. The molecular formula is C17H13OS. The second kappa shape index (κ2) is 5.72. The first kappa shape index (κ1) is 12.0. The summed E-state index contributed by atoms with van der Waals surface area (Å²) in [5, 5.41) is 2.06. The molecule has 0 unspecified atom stereocenters. The van der Waals surface area contributed by atoms with Crippen LogP contribution >= 0.6 is 11.3 Å². The lowest BCUT2D eigenvalue weighted by Crippen LogP contribution is -1.94. The number of thiophene rings is 1. The number of benzene rings is 2. The van der Waals surface area contributed by atoms with Crippen LogP contribution in [0.4, 0.5) is 0 Å². The molecule has 1 aromatic heterocycles. The zero-order valence-electron chi connectivity index (χ0n) is 10.4. The summed E-state index contributed by atoms with van der Waals surface area (Å²) in [5.74, 6) is 0.877. The Bertz CT molecular complexity index is 629. The molecule has 3 rings (SSSR count). The Kier molecular flexibility index (Phi) is 3.61. The van der Waals surface area contributed by atoms with Crippen molar-refractivity contribution in [2.45, 2.75) is 6.61 Å². The molecule has 0 aliphatic heterocycles. The lowest BCUT2D eigenvalue weighted by atomic mass is 10.1. The van der Waals surface area contributed by atoms with Crippen LogP contribution in [0.2, 0.25) is 0 Å². The fraction of sp³-hybridized carbons (Fsp3) is 0.0588. The second-order valence-electron chi connectivity index (χ2n) is 4.14. The Morgan fingerprint density at radius 2 is 1.84 bits per heavy atom. The SMILES string of the molecule is [c]1cccc(OCc2cccs2)c1-c1ccccc1. The Morgan fingerprint density at radius 1 is 0.947 bits per heavy atom. The van der Waals surface area contributed by atoms with Crippen LogP contribution in [-0.2, 0) is 6.61 Å². The maximum atomic E-state index is 5.92. The van der Waals surface area contributed by atoms with Gasteiger partial charge in [-0.2, -0.15) is 0 Å². The lowest BCUT2D eigenvalue weighted by Gasteiger charge is -2.10. The van der Waals surface area contributed by atoms with Crippen LogP contribution in [0.3, 0.4) is 0 Å². The van der Waals surface area contributed by atoms with Gasteiger partial charge in [-0.1, -0.05) is 48.5 Å². The first-order valence-electron chi connectivity index (χ1n) is 6.15. The zero-order chi connectivity index (χ0) is 12.9. The number of ether oxygens (including phenoxy) is 1. The van der Waals surface area contributed by atoms with Crippen LogP contribution in [0, 0.1) is 6.07 Å². The highest BCUT2D eigenvalue weighted by atomic mass is 32.1. The second-order valence-corrected chi connectivity index (χ2v) is 5.18. The summed E-state index contributed by atoms with van der Waals surface area (Å²) in [4.78, 5) is 1.22. The minimum atomic E-state index is 0.607. The van der Waals surface area contributed by atoms with Crippen LogP contribution < -0.4 is 4.74 Å². The van der Waals surface area contributed by atoms with Crippen LogP contribution in [0.5, 0.6) is 5.75 Å². The van der Waals surface area contributed by atoms with Crippen molar-refractivity contribution in [3.63, 3.8) is 0 Å². The topological polar surface area (TPSA) is 9.23 Å². The van der Waals surface area contributed by atoms with Gasteiger partial charge in [0.25, 0.3) is 0 Å². The van der Waals surface area contributed by atoms with Gasteiger partial charge in [-0.15, -0.1) is 11.3 Å². The normalized spacial score (nSPS) is 10.3. The molecule has 0 spiro atoms. The molecule has 0 amide bonds. The summed E-state index contributed by atoms with van der Waals surface area (Å²) in [7, 11) is 0. The van der Waals surface area contributed by atoms with E-state index in [0.717, 1.165) is 16.9 Å². The molecule has 0 saturated carbocycles. The van der Waals surface area contributed by atoms with Crippen molar-refractivity contribution < 1.29 is 4.74 Å². The molecular weight excluding hydrogens is 252 g/mol. The van der Waals surface area contributed by atoms with E-state index in [1.54, 1.807) is 11.3 Å². The summed E-state index contributed by atoms with van der Waals surface area (Å²) < 4.78 is 5.92. The lowest BCUT2D eigenvalue weighted by molar-refractivity contribution is 0.311. The molecule has 93 valence electrons. The molecule has 0 saturated heterocycles. The van der Waals surface area contributed by atoms with Crippen LogP contribution in [0.1, 0.15) is 4.88 Å². The molecule has 2 heteroatoms. The van der Waals surface area contributed by atoms with Gasteiger partial charge in [0.05, 0.1) is 0 Å².